The van der Waals surface area contributed by atoms with Gasteiger partial charge in [-0.3, -0.25) is 4.79 Å². The highest BCUT2D eigenvalue weighted by atomic mass is 16.5. The molecule has 1 aliphatic rings. The molecule has 1 fully saturated rings. The van der Waals surface area contributed by atoms with Gasteiger partial charge >= 0.3 is 0 Å². The Kier molecular flexibility index (Phi) is 2.42. The number of carbonyl (C=O) groups excluding carboxylic acids is 1. The topological polar surface area (TPSA) is 38.3 Å². The zero-order valence-electron chi connectivity index (χ0n) is 8.18. The molecule has 1 aliphatic heterocycles. The number of amides is 1. The number of hydrogen-bond donors (Lipinski definition) is 1. The molecule has 0 aromatic rings. The maximum absolute atomic E-state index is 11.0. The molecule has 1 amide bonds. The lowest BCUT2D eigenvalue weighted by molar-refractivity contribution is -0.145. The Balaban J connectivity index is 2.70. The van der Waals surface area contributed by atoms with E-state index < -0.39 is 0 Å². The highest BCUT2D eigenvalue weighted by Gasteiger charge is 2.37. The third-order valence-electron chi connectivity index (χ3n) is 2.17. The Morgan fingerprint density at radius 1 is 1.58 bits per heavy atom. The number of nitrogens with one attached hydrogen (secondary N) is 1. The van der Waals surface area contributed by atoms with Crippen LogP contribution in [-0.4, -0.2) is 24.2 Å². The zero-order valence-corrected chi connectivity index (χ0v) is 8.18. The average Bonchev–Trinajstić information content (AvgIpc) is 1.82. The van der Waals surface area contributed by atoms with Crippen molar-refractivity contribution in [2.75, 3.05) is 6.61 Å². The van der Waals surface area contributed by atoms with Crippen molar-refractivity contribution in [3.63, 3.8) is 0 Å². The first kappa shape index (κ1) is 9.52. The molecule has 70 valence electrons. The van der Waals surface area contributed by atoms with E-state index in [0.717, 1.165) is 0 Å². The van der Waals surface area contributed by atoms with Crippen LogP contribution in [0.4, 0.5) is 0 Å². The molecule has 0 aromatic carbocycles. The minimum Gasteiger partial charge on any atom is -0.366 e. The molecule has 12 heavy (non-hydrogen) atoms. The molecule has 0 saturated carbocycles. The van der Waals surface area contributed by atoms with Crippen molar-refractivity contribution in [3.8, 4) is 0 Å². The van der Waals surface area contributed by atoms with E-state index >= 15 is 0 Å². The van der Waals surface area contributed by atoms with Crippen molar-refractivity contribution in [1.29, 1.82) is 0 Å². The Hall–Kier alpha value is -0.570. The SMILES string of the molecule is CC(C)[C@@H]1OCC(=O)NC1(C)C. The fourth-order valence-electron chi connectivity index (χ4n) is 1.87. The molecule has 0 unspecified atom stereocenters. The van der Waals surface area contributed by atoms with Crippen LogP contribution in [0.5, 0.6) is 0 Å². The second kappa shape index (κ2) is 3.05. The third-order valence-corrected chi connectivity index (χ3v) is 2.17. The summed E-state index contributed by atoms with van der Waals surface area (Å²) in [5, 5.41) is 2.92. The van der Waals surface area contributed by atoms with E-state index in [0.29, 0.717) is 5.92 Å². The molecule has 0 spiro atoms. The van der Waals surface area contributed by atoms with Crippen LogP contribution in [-0.2, 0) is 9.53 Å². The van der Waals surface area contributed by atoms with E-state index in [9.17, 15) is 4.79 Å². The summed E-state index contributed by atoms with van der Waals surface area (Å²) in [5.74, 6) is 0.414. The Bertz CT molecular complexity index is 187. The number of hydrogen-bond acceptors (Lipinski definition) is 2. The zero-order chi connectivity index (χ0) is 9.35. The average molecular weight is 171 g/mol. The van der Waals surface area contributed by atoms with Crippen LogP contribution in [0.2, 0.25) is 0 Å². The standard InChI is InChI=1S/C9H17NO2/c1-6(2)8-9(3,4)10-7(11)5-12-8/h6,8H,5H2,1-4H3,(H,10,11)/t8-/m0/s1. The molecule has 1 saturated heterocycles. The Morgan fingerprint density at radius 3 is 2.58 bits per heavy atom. The number of rotatable bonds is 1. The van der Waals surface area contributed by atoms with Crippen LogP contribution >= 0.6 is 0 Å². The van der Waals surface area contributed by atoms with E-state index in [-0.39, 0.29) is 24.2 Å². The van der Waals surface area contributed by atoms with Gasteiger partial charge in [0.25, 0.3) is 0 Å². The second-order valence-electron chi connectivity index (χ2n) is 4.25. The summed E-state index contributed by atoms with van der Waals surface area (Å²) in [7, 11) is 0. The molecule has 0 radical (unpaired) electrons. The van der Waals surface area contributed by atoms with Crippen molar-refractivity contribution in [2.45, 2.75) is 39.3 Å². The van der Waals surface area contributed by atoms with Gasteiger partial charge < -0.3 is 10.1 Å². The molecular weight excluding hydrogens is 154 g/mol. The number of morpholine rings is 1. The largest absolute Gasteiger partial charge is 0.366 e. The fraction of sp³-hybridized carbons (Fsp3) is 0.889. The highest BCUT2D eigenvalue weighted by molar-refractivity contribution is 5.78. The van der Waals surface area contributed by atoms with Gasteiger partial charge in [-0.1, -0.05) is 13.8 Å². The van der Waals surface area contributed by atoms with Gasteiger partial charge in [0.1, 0.15) is 6.61 Å². The van der Waals surface area contributed by atoms with Crippen LogP contribution in [0, 0.1) is 5.92 Å². The van der Waals surface area contributed by atoms with E-state index in [4.69, 9.17) is 4.74 Å². The normalized spacial score (nSPS) is 28.8. The predicted octanol–water partition coefficient (Wildman–Crippen LogP) is 0.936. The Labute approximate surface area is 73.5 Å². The summed E-state index contributed by atoms with van der Waals surface area (Å²) in [6.07, 6.45) is 0.121. The summed E-state index contributed by atoms with van der Waals surface area (Å²) >= 11 is 0. The third kappa shape index (κ3) is 1.78. The molecule has 0 bridgehead atoms. The quantitative estimate of drug-likeness (QED) is 0.637. The summed E-state index contributed by atoms with van der Waals surface area (Å²) in [5.41, 5.74) is -0.233. The van der Waals surface area contributed by atoms with E-state index in [1.165, 1.54) is 0 Å². The van der Waals surface area contributed by atoms with Crippen LogP contribution in [0.1, 0.15) is 27.7 Å². The Morgan fingerprint density at radius 2 is 2.17 bits per heavy atom. The van der Waals surface area contributed by atoms with Gasteiger partial charge in [0.05, 0.1) is 11.6 Å². The fourth-order valence-corrected chi connectivity index (χ4v) is 1.87. The number of carbonyl (C=O) groups is 1. The summed E-state index contributed by atoms with van der Waals surface area (Å²) in [6.45, 7) is 8.39. The van der Waals surface area contributed by atoms with E-state index in [1.54, 1.807) is 0 Å². The van der Waals surface area contributed by atoms with Crippen molar-refractivity contribution in [2.24, 2.45) is 5.92 Å². The first-order chi connectivity index (χ1) is 5.43. The minimum atomic E-state index is -0.233. The van der Waals surface area contributed by atoms with Gasteiger partial charge in [-0.15, -0.1) is 0 Å². The van der Waals surface area contributed by atoms with Gasteiger partial charge in [0.2, 0.25) is 5.91 Å². The summed E-state index contributed by atoms with van der Waals surface area (Å²) in [6, 6.07) is 0. The van der Waals surface area contributed by atoms with Gasteiger partial charge in [-0.05, 0) is 19.8 Å². The first-order valence-corrected chi connectivity index (χ1v) is 4.36. The highest BCUT2D eigenvalue weighted by Crippen LogP contribution is 2.23. The van der Waals surface area contributed by atoms with Crippen LogP contribution in [0.25, 0.3) is 0 Å². The van der Waals surface area contributed by atoms with Crippen LogP contribution < -0.4 is 5.32 Å². The van der Waals surface area contributed by atoms with Crippen molar-refractivity contribution < 1.29 is 9.53 Å². The minimum absolute atomic E-state index is 0.0168. The predicted molar refractivity (Wildman–Crippen MR) is 46.8 cm³/mol. The monoisotopic (exact) mass is 171 g/mol. The summed E-state index contributed by atoms with van der Waals surface area (Å²) in [4.78, 5) is 11.0. The van der Waals surface area contributed by atoms with Gasteiger partial charge in [-0.25, -0.2) is 0 Å². The van der Waals surface area contributed by atoms with E-state index in [2.05, 4.69) is 19.2 Å². The maximum atomic E-state index is 11.0. The lowest BCUT2D eigenvalue weighted by Crippen LogP contribution is -2.60. The molecule has 1 heterocycles. The van der Waals surface area contributed by atoms with Crippen LogP contribution in [0.15, 0.2) is 0 Å². The maximum Gasteiger partial charge on any atom is 0.246 e. The van der Waals surface area contributed by atoms with E-state index in [1.807, 2.05) is 13.8 Å². The lowest BCUT2D eigenvalue weighted by atomic mass is 9.87. The van der Waals surface area contributed by atoms with Crippen molar-refractivity contribution in [1.82, 2.24) is 5.32 Å². The van der Waals surface area contributed by atoms with Crippen LogP contribution in [0.3, 0.4) is 0 Å². The molecule has 1 N–H and O–H groups in total. The molecular formula is C9H17NO2. The smallest absolute Gasteiger partial charge is 0.246 e. The van der Waals surface area contributed by atoms with Crippen molar-refractivity contribution in [3.05, 3.63) is 0 Å². The first-order valence-electron chi connectivity index (χ1n) is 4.36. The summed E-state index contributed by atoms with van der Waals surface area (Å²) < 4.78 is 5.45. The van der Waals surface area contributed by atoms with Gasteiger partial charge in [-0.2, -0.15) is 0 Å². The molecule has 0 aromatic heterocycles. The molecule has 1 rings (SSSR count). The molecule has 1 atom stereocenters. The molecule has 3 nitrogen and oxygen atoms in total. The van der Waals surface area contributed by atoms with Gasteiger partial charge in [0, 0.05) is 0 Å². The second-order valence-corrected chi connectivity index (χ2v) is 4.25. The lowest BCUT2D eigenvalue weighted by Gasteiger charge is -2.41. The number of ether oxygens (including phenoxy) is 1. The van der Waals surface area contributed by atoms with Crippen molar-refractivity contribution >= 4 is 5.91 Å². The van der Waals surface area contributed by atoms with Gasteiger partial charge in [0.15, 0.2) is 0 Å². The molecule has 3 heteroatoms. The molecule has 0 aliphatic carbocycles.